The number of nitrogens with one attached hydrogen (secondary N) is 3. The first-order valence-corrected chi connectivity index (χ1v) is 18.0. The van der Waals surface area contributed by atoms with Crippen LogP contribution in [-0.4, -0.2) is 77.8 Å². The van der Waals surface area contributed by atoms with E-state index in [-0.39, 0.29) is 24.8 Å². The first-order chi connectivity index (χ1) is 21.2. The zero-order chi connectivity index (χ0) is 34.3. The molecular weight excluding hydrogens is 629 g/mol. The average Bonchev–Trinajstić information content (AvgIpc) is 3.77. The molecule has 0 radical (unpaired) electrons. The van der Waals surface area contributed by atoms with Crippen LogP contribution in [0.15, 0.2) is 0 Å². The van der Waals surface area contributed by atoms with E-state index in [1.807, 2.05) is 13.8 Å². The van der Waals surface area contributed by atoms with Crippen molar-refractivity contribution in [3.8, 4) is 0 Å². The van der Waals surface area contributed by atoms with Crippen molar-refractivity contribution < 1.29 is 45.5 Å². The molecule has 0 aromatic rings. The van der Waals surface area contributed by atoms with E-state index in [0.717, 1.165) is 39.5 Å². The normalized spacial score (nSPS) is 32.2. The van der Waals surface area contributed by atoms with Gasteiger partial charge < -0.3 is 20.3 Å². The van der Waals surface area contributed by atoms with Crippen LogP contribution in [0.5, 0.6) is 0 Å². The van der Waals surface area contributed by atoms with E-state index < -0.39 is 73.9 Å². The van der Waals surface area contributed by atoms with Crippen molar-refractivity contribution in [2.75, 3.05) is 6.54 Å². The fourth-order valence-electron chi connectivity index (χ4n) is 6.91. The molecule has 2 heterocycles. The Balaban J connectivity index is 1.57. The number of halogens is 3. The van der Waals surface area contributed by atoms with E-state index >= 15 is 0 Å². The maximum Gasteiger partial charge on any atom is 0.427 e. The predicted octanol–water partition coefficient (Wildman–Crippen LogP) is 4.30. The molecule has 2 aliphatic heterocycles. The highest BCUT2D eigenvalue weighted by Crippen LogP contribution is 2.50. The molecule has 4 fully saturated rings. The van der Waals surface area contributed by atoms with Crippen LogP contribution >= 0.6 is 0 Å². The number of alkyl halides is 3. The highest BCUT2D eigenvalue weighted by atomic mass is 32.2. The van der Waals surface area contributed by atoms with Crippen LogP contribution in [-0.2, 0) is 29.1 Å². The minimum absolute atomic E-state index is 0.0306. The van der Waals surface area contributed by atoms with Crippen LogP contribution in [0.3, 0.4) is 0 Å². The summed E-state index contributed by atoms with van der Waals surface area (Å²) in [5, 5.41) is 5.45. The van der Waals surface area contributed by atoms with E-state index in [1.165, 1.54) is 4.90 Å². The standard InChI is InChI=1S/C31H49F3N4O7S/c1-6-20-16-19(2)10-7-8-11-21-17-30(21,18-23(39)37-46(43,44)29(5)13-14-29)36-25(40)22-12-9-15-38(22)26(41)24(20)35-27(42)45-28(3,4)31(32,33)34/h19-22,24H,6-18H2,1-5H3,(H,35,42)(H,36,40)(H,37,39)/t19-,20-,21-,22+,24+,30+/m1/s1. The summed E-state index contributed by atoms with van der Waals surface area (Å²) in [4.78, 5) is 55.1. The molecule has 0 unspecified atom stereocenters. The summed E-state index contributed by atoms with van der Waals surface area (Å²) < 4.78 is 71.8. The van der Waals surface area contributed by atoms with Gasteiger partial charge in [-0.25, -0.2) is 13.2 Å². The second kappa shape index (κ2) is 13.1. The molecule has 2 saturated carbocycles. The van der Waals surface area contributed by atoms with Crippen LogP contribution in [0.2, 0.25) is 0 Å². The molecule has 46 heavy (non-hydrogen) atoms. The van der Waals surface area contributed by atoms with Gasteiger partial charge in [0.15, 0.2) is 0 Å². The predicted molar refractivity (Wildman–Crippen MR) is 163 cm³/mol. The highest BCUT2D eigenvalue weighted by molar-refractivity contribution is 7.91. The Bertz CT molecular complexity index is 1300. The van der Waals surface area contributed by atoms with Crippen molar-refractivity contribution in [1.29, 1.82) is 0 Å². The number of alkyl carbamates (subject to hydrolysis) is 1. The summed E-state index contributed by atoms with van der Waals surface area (Å²) in [6.45, 7) is 7.13. The molecular formula is C31H49F3N4O7S. The summed E-state index contributed by atoms with van der Waals surface area (Å²) >= 11 is 0. The van der Waals surface area contributed by atoms with Crippen molar-refractivity contribution in [2.24, 2.45) is 17.8 Å². The summed E-state index contributed by atoms with van der Waals surface area (Å²) in [7, 11) is -3.85. The summed E-state index contributed by atoms with van der Waals surface area (Å²) in [6, 6.07) is -2.14. The SMILES string of the molecule is CC[C@@H]1C[C@H](C)CCCC[C@@H]2C[C@@]2(CC(=O)NS(=O)(=O)C2(C)CC2)NC(=O)[C@@H]2CCCN2C(=O)[C@H]1NC(=O)OC(C)(C)C(F)(F)F. The Hall–Kier alpha value is -2.58. The van der Waals surface area contributed by atoms with Crippen LogP contribution in [0.4, 0.5) is 18.0 Å². The number of carbonyl (C=O) groups excluding carboxylic acids is 4. The second-order valence-corrected chi connectivity index (χ2v) is 16.9. The van der Waals surface area contributed by atoms with Gasteiger partial charge in [-0.05, 0) is 83.5 Å². The lowest BCUT2D eigenvalue weighted by molar-refractivity contribution is -0.244. The number of hydrogen-bond acceptors (Lipinski definition) is 7. The first-order valence-electron chi connectivity index (χ1n) is 16.5. The number of nitrogens with zero attached hydrogens (tertiary/aromatic N) is 1. The van der Waals surface area contributed by atoms with Gasteiger partial charge in [-0.15, -0.1) is 0 Å². The molecule has 4 rings (SSSR count). The van der Waals surface area contributed by atoms with Crippen molar-refractivity contribution in [2.45, 2.75) is 146 Å². The lowest BCUT2D eigenvalue weighted by atomic mass is 9.84. The van der Waals surface area contributed by atoms with Gasteiger partial charge in [-0.2, -0.15) is 13.2 Å². The van der Waals surface area contributed by atoms with E-state index in [0.29, 0.717) is 44.9 Å². The van der Waals surface area contributed by atoms with Gasteiger partial charge in [0.2, 0.25) is 33.3 Å². The molecule has 0 aromatic carbocycles. The van der Waals surface area contributed by atoms with Gasteiger partial charge in [0.1, 0.15) is 12.1 Å². The molecule has 2 aliphatic carbocycles. The van der Waals surface area contributed by atoms with Crippen LogP contribution in [0, 0.1) is 17.8 Å². The van der Waals surface area contributed by atoms with E-state index in [2.05, 4.69) is 15.4 Å². The number of sulfonamides is 1. The molecule has 15 heteroatoms. The third-order valence-electron chi connectivity index (χ3n) is 10.5. The summed E-state index contributed by atoms with van der Waals surface area (Å²) in [5.74, 6) is -2.05. The van der Waals surface area contributed by atoms with Crippen LogP contribution in [0.25, 0.3) is 0 Å². The Morgan fingerprint density at radius 3 is 2.35 bits per heavy atom. The Morgan fingerprint density at radius 1 is 1.09 bits per heavy atom. The van der Waals surface area contributed by atoms with Crippen molar-refractivity contribution in [3.63, 3.8) is 0 Å². The van der Waals surface area contributed by atoms with Gasteiger partial charge >= 0.3 is 12.3 Å². The topological polar surface area (TPSA) is 151 Å². The third-order valence-corrected chi connectivity index (χ3v) is 12.7. The van der Waals surface area contributed by atoms with Gasteiger partial charge in [0.25, 0.3) is 0 Å². The molecule has 11 nitrogen and oxygen atoms in total. The lowest BCUT2D eigenvalue weighted by Crippen LogP contribution is -2.58. The molecule has 0 aromatic heterocycles. The summed E-state index contributed by atoms with van der Waals surface area (Å²) in [6.07, 6.45) is 0.0132. The fraction of sp³-hybridized carbons (Fsp3) is 0.871. The highest BCUT2D eigenvalue weighted by Gasteiger charge is 2.58. The number of carbonyl (C=O) groups is 4. The molecule has 262 valence electrons. The zero-order valence-corrected chi connectivity index (χ0v) is 28.2. The smallest absolute Gasteiger partial charge is 0.427 e. The Kier molecular flexibility index (Phi) is 10.4. The fourth-order valence-corrected chi connectivity index (χ4v) is 8.17. The number of hydrogen-bond donors (Lipinski definition) is 3. The van der Waals surface area contributed by atoms with Gasteiger partial charge in [-0.1, -0.05) is 39.5 Å². The monoisotopic (exact) mass is 678 g/mol. The van der Waals surface area contributed by atoms with Gasteiger partial charge in [0, 0.05) is 6.54 Å². The molecule has 6 atom stereocenters. The number of amides is 4. The zero-order valence-electron chi connectivity index (χ0n) is 27.4. The van der Waals surface area contributed by atoms with E-state index in [9.17, 15) is 40.8 Å². The van der Waals surface area contributed by atoms with Crippen LogP contribution < -0.4 is 15.4 Å². The quantitative estimate of drug-likeness (QED) is 0.363. The lowest BCUT2D eigenvalue weighted by Gasteiger charge is -2.35. The summed E-state index contributed by atoms with van der Waals surface area (Å²) in [5.41, 5.74) is -3.73. The maximum atomic E-state index is 14.1. The van der Waals surface area contributed by atoms with Crippen LogP contribution in [0.1, 0.15) is 112 Å². The molecule has 4 amide bonds. The average molecular weight is 679 g/mol. The van der Waals surface area contributed by atoms with E-state index in [1.54, 1.807) is 6.92 Å². The van der Waals surface area contributed by atoms with Gasteiger partial charge in [0.05, 0.1) is 16.7 Å². The van der Waals surface area contributed by atoms with E-state index in [4.69, 9.17) is 4.74 Å². The maximum absolute atomic E-state index is 14.1. The molecule has 0 spiro atoms. The molecule has 0 bridgehead atoms. The Morgan fingerprint density at radius 2 is 1.74 bits per heavy atom. The van der Waals surface area contributed by atoms with Crippen molar-refractivity contribution in [3.05, 3.63) is 0 Å². The van der Waals surface area contributed by atoms with Crippen molar-refractivity contribution >= 4 is 33.8 Å². The molecule has 4 aliphatic rings. The number of ether oxygens (including phenoxy) is 1. The number of fused-ring (bicyclic) bond motifs is 2. The van der Waals surface area contributed by atoms with Crippen molar-refractivity contribution in [1.82, 2.24) is 20.3 Å². The second-order valence-electron chi connectivity index (χ2n) is 14.7. The molecule has 3 N–H and O–H groups in total. The minimum atomic E-state index is -4.83. The largest absolute Gasteiger partial charge is 0.434 e. The van der Waals surface area contributed by atoms with Gasteiger partial charge in [-0.3, -0.25) is 19.1 Å². The minimum Gasteiger partial charge on any atom is -0.434 e. The Labute approximate surface area is 269 Å². The first kappa shape index (κ1) is 36.3. The number of rotatable bonds is 7. The molecule has 2 saturated heterocycles. The third kappa shape index (κ3) is 7.92.